The number of benzene rings is 2. The van der Waals surface area contributed by atoms with Crippen molar-refractivity contribution in [2.24, 2.45) is 5.92 Å². The first-order chi connectivity index (χ1) is 13.5. The fourth-order valence-corrected chi connectivity index (χ4v) is 5.44. The van der Waals surface area contributed by atoms with Crippen molar-refractivity contribution in [1.82, 2.24) is 8.87 Å². The highest BCUT2D eigenvalue weighted by Crippen LogP contribution is 2.27. The van der Waals surface area contributed by atoms with Crippen molar-refractivity contribution < 1.29 is 12.8 Å². The maximum atomic E-state index is 13.1. The van der Waals surface area contributed by atoms with Gasteiger partial charge in [-0.2, -0.15) is 4.31 Å². The van der Waals surface area contributed by atoms with Gasteiger partial charge < -0.3 is 4.42 Å². The van der Waals surface area contributed by atoms with E-state index in [1.54, 1.807) is 16.4 Å². The molecule has 2 heterocycles. The first kappa shape index (κ1) is 19.0. The number of hydrogen-bond donors (Lipinski definition) is 0. The molecule has 0 spiro atoms. The second kappa shape index (κ2) is 7.56. The van der Waals surface area contributed by atoms with Crippen LogP contribution in [-0.2, 0) is 23.0 Å². The molecule has 0 atom stereocenters. The van der Waals surface area contributed by atoms with E-state index in [9.17, 15) is 13.2 Å². The van der Waals surface area contributed by atoms with E-state index in [2.05, 4.69) is 12.1 Å². The first-order valence-electron chi connectivity index (χ1n) is 9.66. The van der Waals surface area contributed by atoms with Crippen LogP contribution in [0.2, 0.25) is 0 Å². The van der Waals surface area contributed by atoms with Crippen LogP contribution < -0.4 is 5.76 Å². The number of piperidine rings is 1. The van der Waals surface area contributed by atoms with Crippen LogP contribution in [0.15, 0.2) is 62.6 Å². The van der Waals surface area contributed by atoms with E-state index in [4.69, 9.17) is 4.42 Å². The normalized spacial score (nSPS) is 16.6. The molecule has 1 fully saturated rings. The lowest BCUT2D eigenvalue weighted by Gasteiger charge is -2.31. The fraction of sp³-hybridized carbons (Fsp3) is 0.381. The molecule has 2 aromatic carbocycles. The Kier molecular flexibility index (Phi) is 5.12. The van der Waals surface area contributed by atoms with Crippen LogP contribution in [0, 0.1) is 5.92 Å². The summed E-state index contributed by atoms with van der Waals surface area (Å²) in [4.78, 5) is 12.0. The SMILES string of the molecule is CCn1c(=O)oc2cc(S(=O)(=O)N3CCC(Cc4ccccc4)CC3)ccc21. The van der Waals surface area contributed by atoms with Crippen LogP contribution in [0.3, 0.4) is 0 Å². The molecule has 0 amide bonds. The van der Waals surface area contributed by atoms with Gasteiger partial charge in [0.15, 0.2) is 5.58 Å². The number of nitrogens with zero attached hydrogens (tertiary/aromatic N) is 2. The van der Waals surface area contributed by atoms with Crippen LogP contribution in [0.25, 0.3) is 11.1 Å². The Morgan fingerprint density at radius 1 is 1.07 bits per heavy atom. The quantitative estimate of drug-likeness (QED) is 0.659. The highest BCUT2D eigenvalue weighted by molar-refractivity contribution is 7.89. The molecule has 0 aliphatic carbocycles. The third kappa shape index (κ3) is 3.52. The first-order valence-corrected chi connectivity index (χ1v) is 11.1. The topological polar surface area (TPSA) is 72.5 Å². The van der Waals surface area contributed by atoms with Crippen molar-refractivity contribution in [1.29, 1.82) is 0 Å². The molecule has 4 rings (SSSR count). The molecule has 1 saturated heterocycles. The number of aryl methyl sites for hydroxylation is 1. The van der Waals surface area contributed by atoms with Gasteiger partial charge in [0.25, 0.3) is 0 Å². The van der Waals surface area contributed by atoms with E-state index in [1.807, 2.05) is 25.1 Å². The van der Waals surface area contributed by atoms with Gasteiger partial charge in [-0.05, 0) is 49.8 Å². The van der Waals surface area contributed by atoms with Gasteiger partial charge in [0.1, 0.15) is 0 Å². The average Bonchev–Trinajstić information content (AvgIpc) is 3.03. The highest BCUT2D eigenvalue weighted by Gasteiger charge is 2.30. The summed E-state index contributed by atoms with van der Waals surface area (Å²) in [6.45, 7) is 3.35. The van der Waals surface area contributed by atoms with Crippen LogP contribution in [-0.4, -0.2) is 30.4 Å². The molecule has 0 bridgehead atoms. The lowest BCUT2D eigenvalue weighted by atomic mass is 9.91. The number of oxazole rings is 1. The molecule has 3 aromatic rings. The van der Waals surface area contributed by atoms with E-state index in [-0.39, 0.29) is 4.90 Å². The molecule has 0 saturated carbocycles. The Hall–Kier alpha value is -2.38. The van der Waals surface area contributed by atoms with Gasteiger partial charge >= 0.3 is 5.76 Å². The number of rotatable bonds is 5. The maximum absolute atomic E-state index is 13.1. The molecule has 0 radical (unpaired) electrons. The predicted molar refractivity (Wildman–Crippen MR) is 108 cm³/mol. The summed E-state index contributed by atoms with van der Waals surface area (Å²) in [6, 6.07) is 15.0. The molecule has 7 heteroatoms. The van der Waals surface area contributed by atoms with E-state index >= 15 is 0 Å². The molecule has 0 N–H and O–H groups in total. The summed E-state index contributed by atoms with van der Waals surface area (Å²) >= 11 is 0. The van der Waals surface area contributed by atoms with Gasteiger partial charge in [-0.3, -0.25) is 4.57 Å². The minimum Gasteiger partial charge on any atom is -0.408 e. The summed E-state index contributed by atoms with van der Waals surface area (Å²) in [5.74, 6) is 0.0294. The van der Waals surface area contributed by atoms with Crippen molar-refractivity contribution in [3.63, 3.8) is 0 Å². The summed E-state index contributed by atoms with van der Waals surface area (Å²) < 4.78 is 34.4. The van der Waals surface area contributed by atoms with Gasteiger partial charge in [0, 0.05) is 25.7 Å². The third-order valence-corrected chi connectivity index (χ3v) is 7.43. The molecule has 148 valence electrons. The van der Waals surface area contributed by atoms with Crippen molar-refractivity contribution in [3.05, 3.63) is 64.6 Å². The van der Waals surface area contributed by atoms with Crippen molar-refractivity contribution in [2.45, 2.75) is 37.6 Å². The minimum atomic E-state index is -3.60. The fourth-order valence-electron chi connectivity index (χ4n) is 3.96. The van der Waals surface area contributed by atoms with Crippen molar-refractivity contribution >= 4 is 21.1 Å². The molecule has 6 nitrogen and oxygen atoms in total. The van der Waals surface area contributed by atoms with E-state index in [0.29, 0.717) is 36.7 Å². The maximum Gasteiger partial charge on any atom is 0.419 e. The summed E-state index contributed by atoms with van der Waals surface area (Å²) in [5, 5.41) is 0. The lowest BCUT2D eigenvalue weighted by Crippen LogP contribution is -2.38. The van der Waals surface area contributed by atoms with Crippen molar-refractivity contribution in [2.75, 3.05) is 13.1 Å². The molecule has 1 aliphatic heterocycles. The van der Waals surface area contributed by atoms with Gasteiger partial charge in [-0.1, -0.05) is 30.3 Å². The Balaban J connectivity index is 1.50. The average molecular weight is 401 g/mol. The number of aromatic nitrogens is 1. The number of fused-ring (bicyclic) bond motifs is 1. The highest BCUT2D eigenvalue weighted by atomic mass is 32.2. The minimum absolute atomic E-state index is 0.179. The van der Waals surface area contributed by atoms with Gasteiger partial charge in [-0.25, -0.2) is 13.2 Å². The molecule has 1 aliphatic rings. The second-order valence-electron chi connectivity index (χ2n) is 7.28. The van der Waals surface area contributed by atoms with Crippen LogP contribution in [0.4, 0.5) is 0 Å². The zero-order valence-corrected chi connectivity index (χ0v) is 16.7. The standard InChI is InChI=1S/C21H24N2O4S/c1-2-23-19-9-8-18(15-20(19)27-21(23)24)28(25,26)22-12-10-17(11-13-22)14-16-6-4-3-5-7-16/h3-9,15,17H,2,10-14H2,1H3. The molecular formula is C21H24N2O4S. The van der Waals surface area contributed by atoms with E-state index < -0.39 is 15.8 Å². The third-order valence-electron chi connectivity index (χ3n) is 5.53. The molecule has 1 aromatic heterocycles. The van der Waals surface area contributed by atoms with Crippen LogP contribution >= 0.6 is 0 Å². The zero-order chi connectivity index (χ0) is 19.7. The zero-order valence-electron chi connectivity index (χ0n) is 15.9. The predicted octanol–water partition coefficient (Wildman–Crippen LogP) is 3.26. The van der Waals surface area contributed by atoms with Gasteiger partial charge in [-0.15, -0.1) is 0 Å². The second-order valence-corrected chi connectivity index (χ2v) is 9.22. The summed E-state index contributed by atoms with van der Waals surface area (Å²) in [5.41, 5.74) is 2.23. The lowest BCUT2D eigenvalue weighted by molar-refractivity contribution is 0.273. The number of sulfonamides is 1. The van der Waals surface area contributed by atoms with Crippen LogP contribution in [0.5, 0.6) is 0 Å². The Labute approximate surface area is 164 Å². The molecular weight excluding hydrogens is 376 g/mol. The number of hydrogen-bond acceptors (Lipinski definition) is 4. The van der Waals surface area contributed by atoms with Crippen molar-refractivity contribution in [3.8, 4) is 0 Å². The van der Waals surface area contributed by atoms with E-state index in [0.717, 1.165) is 19.3 Å². The van der Waals surface area contributed by atoms with Gasteiger partial charge in [0.05, 0.1) is 10.4 Å². The smallest absolute Gasteiger partial charge is 0.408 e. The van der Waals surface area contributed by atoms with E-state index in [1.165, 1.54) is 16.2 Å². The monoisotopic (exact) mass is 400 g/mol. The Bertz CT molecular complexity index is 1120. The molecule has 0 unspecified atom stereocenters. The summed E-state index contributed by atoms with van der Waals surface area (Å²) in [7, 11) is -3.60. The Morgan fingerprint density at radius 3 is 2.46 bits per heavy atom. The van der Waals surface area contributed by atoms with Gasteiger partial charge in [0.2, 0.25) is 10.0 Å². The Morgan fingerprint density at radius 2 is 1.79 bits per heavy atom. The largest absolute Gasteiger partial charge is 0.419 e. The summed E-state index contributed by atoms with van der Waals surface area (Å²) in [6.07, 6.45) is 2.67. The molecule has 28 heavy (non-hydrogen) atoms. The van der Waals surface area contributed by atoms with Crippen LogP contribution in [0.1, 0.15) is 25.3 Å².